The molecule has 19 heavy (non-hydrogen) atoms. The highest BCUT2D eigenvalue weighted by Gasteiger charge is 2.15. The molecule has 0 aliphatic carbocycles. The van der Waals surface area contributed by atoms with E-state index >= 15 is 0 Å². The van der Waals surface area contributed by atoms with Crippen LogP contribution in [0.25, 0.3) is 0 Å². The van der Waals surface area contributed by atoms with E-state index in [4.69, 9.17) is 10.7 Å². The van der Waals surface area contributed by atoms with Crippen LogP contribution in [0.5, 0.6) is 0 Å². The summed E-state index contributed by atoms with van der Waals surface area (Å²) < 4.78 is 0. The van der Waals surface area contributed by atoms with E-state index in [1.807, 2.05) is 36.4 Å². The Morgan fingerprint density at radius 3 is 2.32 bits per heavy atom. The second kappa shape index (κ2) is 6.19. The molecule has 1 atom stereocenters. The Labute approximate surface area is 115 Å². The van der Waals surface area contributed by atoms with Crippen LogP contribution in [-0.2, 0) is 0 Å². The first-order chi connectivity index (χ1) is 9.22. The first-order valence-electron chi connectivity index (χ1n) is 6.65. The van der Waals surface area contributed by atoms with Gasteiger partial charge in [-0.25, -0.2) is 0 Å². The molecule has 0 radical (unpaired) electrons. The summed E-state index contributed by atoms with van der Waals surface area (Å²) in [5.74, 6) is 0. The van der Waals surface area contributed by atoms with E-state index in [2.05, 4.69) is 32.0 Å². The molecule has 1 unspecified atom stereocenters. The average molecular weight is 252 g/mol. The van der Waals surface area contributed by atoms with Crippen LogP contribution in [0.4, 0.5) is 5.69 Å². The van der Waals surface area contributed by atoms with Crippen molar-refractivity contribution in [3.05, 3.63) is 65.7 Å². The fourth-order valence-corrected chi connectivity index (χ4v) is 2.03. The van der Waals surface area contributed by atoms with E-state index in [1.54, 1.807) is 0 Å². The molecule has 2 rings (SSSR count). The molecule has 0 spiro atoms. The van der Waals surface area contributed by atoms with E-state index in [0.29, 0.717) is 0 Å². The van der Waals surface area contributed by atoms with Crippen LogP contribution in [0.15, 0.2) is 59.6 Å². The zero-order valence-electron chi connectivity index (χ0n) is 11.5. The number of rotatable bonds is 4. The Morgan fingerprint density at radius 2 is 1.68 bits per heavy atom. The van der Waals surface area contributed by atoms with Gasteiger partial charge in [0.15, 0.2) is 0 Å². The van der Waals surface area contributed by atoms with Gasteiger partial charge in [0, 0.05) is 17.0 Å². The van der Waals surface area contributed by atoms with Crippen molar-refractivity contribution >= 4 is 11.4 Å². The highest BCUT2D eigenvalue weighted by atomic mass is 14.8. The SMILES string of the molecule is CCC(C)=NC(c1ccccc1)c1ccccc1N. The molecule has 0 amide bonds. The summed E-state index contributed by atoms with van der Waals surface area (Å²) in [5, 5.41) is 0. The van der Waals surface area contributed by atoms with Crippen LogP contribution >= 0.6 is 0 Å². The Balaban J connectivity index is 2.50. The van der Waals surface area contributed by atoms with Gasteiger partial charge in [0.2, 0.25) is 0 Å². The topological polar surface area (TPSA) is 38.4 Å². The van der Waals surface area contributed by atoms with Crippen LogP contribution in [-0.4, -0.2) is 5.71 Å². The van der Waals surface area contributed by atoms with Crippen molar-refractivity contribution in [1.29, 1.82) is 0 Å². The van der Waals surface area contributed by atoms with E-state index in [9.17, 15) is 0 Å². The minimum Gasteiger partial charge on any atom is -0.398 e. The van der Waals surface area contributed by atoms with Gasteiger partial charge in [-0.2, -0.15) is 0 Å². The van der Waals surface area contributed by atoms with Gasteiger partial charge >= 0.3 is 0 Å². The van der Waals surface area contributed by atoms with Gasteiger partial charge in [-0.1, -0.05) is 55.5 Å². The first kappa shape index (κ1) is 13.3. The number of nitrogens with zero attached hydrogens (tertiary/aromatic N) is 1. The molecule has 2 heteroatoms. The third-order valence-corrected chi connectivity index (χ3v) is 3.27. The molecule has 0 aromatic heterocycles. The zero-order chi connectivity index (χ0) is 13.7. The highest BCUT2D eigenvalue weighted by molar-refractivity contribution is 5.82. The van der Waals surface area contributed by atoms with Crippen LogP contribution in [0.2, 0.25) is 0 Å². The van der Waals surface area contributed by atoms with E-state index in [1.165, 1.54) is 5.56 Å². The largest absolute Gasteiger partial charge is 0.398 e. The third-order valence-electron chi connectivity index (χ3n) is 3.27. The molecule has 0 heterocycles. The third kappa shape index (κ3) is 3.22. The molecule has 98 valence electrons. The predicted molar refractivity (Wildman–Crippen MR) is 82.5 cm³/mol. The number of nitrogen functional groups attached to an aromatic ring is 1. The first-order valence-corrected chi connectivity index (χ1v) is 6.65. The van der Waals surface area contributed by atoms with Gasteiger partial charge in [-0.3, -0.25) is 4.99 Å². The fourth-order valence-electron chi connectivity index (χ4n) is 2.03. The molecule has 0 aliphatic rings. The normalized spacial score (nSPS) is 13.3. The average Bonchev–Trinajstić information content (AvgIpc) is 2.46. The number of para-hydroxylation sites is 1. The summed E-state index contributed by atoms with van der Waals surface area (Å²) in [4.78, 5) is 4.83. The number of benzene rings is 2. The lowest BCUT2D eigenvalue weighted by Gasteiger charge is -2.16. The molecule has 2 nitrogen and oxygen atoms in total. The molecule has 0 bridgehead atoms. The molecule has 0 aliphatic heterocycles. The maximum Gasteiger partial charge on any atom is 0.102 e. The molecular formula is C17H20N2. The predicted octanol–water partition coefficient (Wildman–Crippen LogP) is 4.23. The van der Waals surface area contributed by atoms with Crippen molar-refractivity contribution in [3.8, 4) is 0 Å². The molecule has 0 saturated heterocycles. The van der Waals surface area contributed by atoms with Crippen molar-refractivity contribution in [1.82, 2.24) is 0 Å². The van der Waals surface area contributed by atoms with Gasteiger partial charge in [-0.05, 0) is 25.0 Å². The van der Waals surface area contributed by atoms with Crippen LogP contribution < -0.4 is 5.73 Å². The Hall–Kier alpha value is -2.09. The quantitative estimate of drug-likeness (QED) is 0.642. The Bertz CT molecular complexity index is 558. The molecule has 2 N–H and O–H groups in total. The molecule has 2 aromatic rings. The lowest BCUT2D eigenvalue weighted by atomic mass is 9.97. The lowest BCUT2D eigenvalue weighted by molar-refractivity contribution is 0.867. The number of hydrogen-bond donors (Lipinski definition) is 1. The van der Waals surface area contributed by atoms with Crippen molar-refractivity contribution in [2.75, 3.05) is 5.73 Å². The molecule has 0 fully saturated rings. The molecule has 2 aromatic carbocycles. The summed E-state index contributed by atoms with van der Waals surface area (Å²) in [5.41, 5.74) is 10.3. The number of nitrogens with two attached hydrogens (primary N) is 1. The highest BCUT2D eigenvalue weighted by Crippen LogP contribution is 2.30. The monoisotopic (exact) mass is 252 g/mol. The maximum atomic E-state index is 6.11. The van der Waals surface area contributed by atoms with Gasteiger partial charge in [0.25, 0.3) is 0 Å². The summed E-state index contributed by atoms with van der Waals surface area (Å²) in [7, 11) is 0. The van der Waals surface area contributed by atoms with Gasteiger partial charge in [0.1, 0.15) is 6.04 Å². The Morgan fingerprint density at radius 1 is 1.05 bits per heavy atom. The maximum absolute atomic E-state index is 6.11. The van der Waals surface area contributed by atoms with Gasteiger partial charge in [-0.15, -0.1) is 0 Å². The van der Waals surface area contributed by atoms with Crippen molar-refractivity contribution in [2.24, 2.45) is 4.99 Å². The zero-order valence-corrected chi connectivity index (χ0v) is 11.5. The van der Waals surface area contributed by atoms with Crippen molar-refractivity contribution in [2.45, 2.75) is 26.3 Å². The minimum atomic E-state index is -0.0117. The van der Waals surface area contributed by atoms with Crippen molar-refractivity contribution < 1.29 is 0 Å². The van der Waals surface area contributed by atoms with E-state index in [-0.39, 0.29) is 6.04 Å². The van der Waals surface area contributed by atoms with Gasteiger partial charge in [0.05, 0.1) is 0 Å². The van der Waals surface area contributed by atoms with E-state index in [0.717, 1.165) is 23.4 Å². The van der Waals surface area contributed by atoms with E-state index < -0.39 is 0 Å². The fraction of sp³-hybridized carbons (Fsp3) is 0.235. The molecule has 0 saturated carbocycles. The smallest absolute Gasteiger partial charge is 0.102 e. The van der Waals surface area contributed by atoms with Crippen LogP contribution in [0.1, 0.15) is 37.4 Å². The number of hydrogen-bond acceptors (Lipinski definition) is 2. The summed E-state index contributed by atoms with van der Waals surface area (Å²) in [6.45, 7) is 4.18. The second-order valence-electron chi connectivity index (χ2n) is 4.66. The van der Waals surface area contributed by atoms with Crippen molar-refractivity contribution in [3.63, 3.8) is 0 Å². The second-order valence-corrected chi connectivity index (χ2v) is 4.66. The minimum absolute atomic E-state index is 0.0117. The standard InChI is InChI=1S/C17H20N2/c1-3-13(2)19-17(14-9-5-4-6-10-14)15-11-7-8-12-16(15)18/h4-12,17H,3,18H2,1-2H3. The lowest BCUT2D eigenvalue weighted by Crippen LogP contribution is -2.05. The van der Waals surface area contributed by atoms with Gasteiger partial charge < -0.3 is 5.73 Å². The Kier molecular flexibility index (Phi) is 4.35. The summed E-state index contributed by atoms with van der Waals surface area (Å²) in [6, 6.07) is 18.2. The number of anilines is 1. The van der Waals surface area contributed by atoms with Crippen LogP contribution in [0.3, 0.4) is 0 Å². The summed E-state index contributed by atoms with van der Waals surface area (Å²) >= 11 is 0. The number of aliphatic imine (C=N–C) groups is 1. The van der Waals surface area contributed by atoms with Crippen LogP contribution in [0, 0.1) is 0 Å². The molecular weight excluding hydrogens is 232 g/mol. The summed E-state index contributed by atoms with van der Waals surface area (Å²) in [6.07, 6.45) is 0.954.